The van der Waals surface area contributed by atoms with Gasteiger partial charge in [0.05, 0.1) is 5.69 Å². The molecule has 1 aromatic rings. The maximum atomic E-state index is 11.5. The number of carbonyl (C=O) groups is 1. The van der Waals surface area contributed by atoms with E-state index in [9.17, 15) is 4.79 Å². The van der Waals surface area contributed by atoms with Crippen molar-refractivity contribution in [3.63, 3.8) is 0 Å². The minimum Gasteiger partial charge on any atom is -0.300 e. The van der Waals surface area contributed by atoms with Crippen molar-refractivity contribution >= 4 is 5.78 Å². The zero-order chi connectivity index (χ0) is 12.3. The van der Waals surface area contributed by atoms with Crippen molar-refractivity contribution in [2.45, 2.75) is 47.1 Å². The van der Waals surface area contributed by atoms with E-state index >= 15 is 0 Å². The Morgan fingerprint density at radius 2 is 2.00 bits per heavy atom. The third-order valence-electron chi connectivity index (χ3n) is 2.95. The van der Waals surface area contributed by atoms with Crippen molar-refractivity contribution in [3.05, 3.63) is 18.0 Å². The predicted octanol–water partition coefficient (Wildman–Crippen LogP) is 2.87. The van der Waals surface area contributed by atoms with Crippen molar-refractivity contribution in [3.8, 4) is 0 Å². The van der Waals surface area contributed by atoms with Crippen molar-refractivity contribution in [1.29, 1.82) is 0 Å². The van der Waals surface area contributed by atoms with Gasteiger partial charge in [0, 0.05) is 24.6 Å². The summed E-state index contributed by atoms with van der Waals surface area (Å²) < 4.78 is 1.94. The second-order valence-electron chi connectivity index (χ2n) is 5.05. The summed E-state index contributed by atoms with van der Waals surface area (Å²) in [5.74, 6) is 0.728. The zero-order valence-electron chi connectivity index (χ0n) is 10.9. The Kier molecular flexibility index (Phi) is 4.27. The van der Waals surface area contributed by atoms with Gasteiger partial charge < -0.3 is 0 Å². The molecule has 1 atom stereocenters. The second-order valence-corrected chi connectivity index (χ2v) is 5.05. The fourth-order valence-corrected chi connectivity index (χ4v) is 1.85. The minimum absolute atomic E-state index is 0.0931. The maximum absolute atomic E-state index is 11.5. The first kappa shape index (κ1) is 12.9. The van der Waals surface area contributed by atoms with E-state index in [2.05, 4.69) is 32.8 Å². The summed E-state index contributed by atoms with van der Waals surface area (Å²) in [6.07, 6.45) is 2.74. The molecule has 1 heterocycles. The van der Waals surface area contributed by atoms with Crippen molar-refractivity contribution in [1.82, 2.24) is 9.78 Å². The normalized spacial score (nSPS) is 13.4. The van der Waals surface area contributed by atoms with Crippen LogP contribution in [0, 0.1) is 11.8 Å². The van der Waals surface area contributed by atoms with E-state index in [0.29, 0.717) is 12.0 Å². The molecule has 0 fully saturated rings. The molecule has 0 aromatic carbocycles. The highest BCUT2D eigenvalue weighted by Crippen LogP contribution is 2.18. The van der Waals surface area contributed by atoms with E-state index in [1.54, 1.807) is 6.92 Å². The molecule has 0 saturated heterocycles. The lowest BCUT2D eigenvalue weighted by Gasteiger charge is -2.16. The molecule has 0 saturated carbocycles. The van der Waals surface area contributed by atoms with Crippen molar-refractivity contribution < 1.29 is 4.79 Å². The quantitative estimate of drug-likeness (QED) is 0.767. The number of aromatic nitrogens is 2. The van der Waals surface area contributed by atoms with E-state index in [0.717, 1.165) is 12.1 Å². The number of hydrogen-bond donors (Lipinski definition) is 0. The van der Waals surface area contributed by atoms with Gasteiger partial charge in [-0.15, -0.1) is 0 Å². The molecule has 0 radical (unpaired) electrons. The Labute approximate surface area is 97.8 Å². The van der Waals surface area contributed by atoms with Crippen LogP contribution in [-0.4, -0.2) is 15.6 Å². The molecular formula is C13H22N2O. The molecule has 0 aliphatic rings. The van der Waals surface area contributed by atoms with Crippen LogP contribution in [0.3, 0.4) is 0 Å². The molecule has 3 nitrogen and oxygen atoms in total. The molecule has 3 heteroatoms. The van der Waals surface area contributed by atoms with Gasteiger partial charge in [-0.25, -0.2) is 0 Å². The largest absolute Gasteiger partial charge is 0.300 e. The van der Waals surface area contributed by atoms with E-state index < -0.39 is 0 Å². The highest BCUT2D eigenvalue weighted by atomic mass is 16.1. The zero-order valence-corrected chi connectivity index (χ0v) is 10.9. The van der Waals surface area contributed by atoms with Crippen LogP contribution in [0.15, 0.2) is 12.3 Å². The highest BCUT2D eigenvalue weighted by Gasteiger charge is 2.20. The molecule has 90 valence electrons. The number of carbonyl (C=O) groups excluding carboxylic acids is 1. The van der Waals surface area contributed by atoms with Gasteiger partial charge in [0.15, 0.2) is 0 Å². The van der Waals surface area contributed by atoms with Crippen molar-refractivity contribution in [2.24, 2.45) is 11.8 Å². The average Bonchev–Trinajstić information content (AvgIpc) is 2.61. The summed E-state index contributed by atoms with van der Waals surface area (Å²) in [6.45, 7) is 10.0. The first-order valence-electron chi connectivity index (χ1n) is 5.96. The van der Waals surface area contributed by atoms with Crippen LogP contribution in [0.5, 0.6) is 0 Å². The molecule has 0 N–H and O–H groups in total. The molecule has 0 aliphatic heterocycles. The Balaban J connectivity index is 2.74. The monoisotopic (exact) mass is 222 g/mol. The molecule has 16 heavy (non-hydrogen) atoms. The van der Waals surface area contributed by atoms with Crippen LogP contribution < -0.4 is 0 Å². The summed E-state index contributed by atoms with van der Waals surface area (Å²) >= 11 is 0. The van der Waals surface area contributed by atoms with Gasteiger partial charge in [-0.1, -0.05) is 13.8 Å². The third-order valence-corrected chi connectivity index (χ3v) is 2.95. The lowest BCUT2D eigenvalue weighted by molar-refractivity contribution is -0.121. The SMILES string of the molecule is CC(=O)C(Cc1ccn(C(C)C)n1)C(C)C. The maximum Gasteiger partial charge on any atom is 0.133 e. The van der Waals surface area contributed by atoms with Crippen LogP contribution >= 0.6 is 0 Å². The first-order valence-corrected chi connectivity index (χ1v) is 5.96. The lowest BCUT2D eigenvalue weighted by atomic mass is 9.88. The lowest BCUT2D eigenvalue weighted by Crippen LogP contribution is -2.20. The standard InChI is InChI=1S/C13H22N2O/c1-9(2)13(11(5)16)8-12-6-7-15(14-12)10(3)4/h6-7,9-10,13H,8H2,1-5H3. The Bertz CT molecular complexity index is 353. The topological polar surface area (TPSA) is 34.9 Å². The third kappa shape index (κ3) is 3.19. The summed E-state index contributed by atoms with van der Waals surface area (Å²) in [6, 6.07) is 2.39. The predicted molar refractivity (Wildman–Crippen MR) is 65.3 cm³/mol. The molecule has 0 aliphatic carbocycles. The summed E-state index contributed by atoms with van der Waals surface area (Å²) in [7, 11) is 0. The van der Waals surface area contributed by atoms with Crippen LogP contribution in [0.1, 0.15) is 46.4 Å². The van der Waals surface area contributed by atoms with Gasteiger partial charge in [0.2, 0.25) is 0 Å². The van der Waals surface area contributed by atoms with Gasteiger partial charge in [-0.2, -0.15) is 5.10 Å². The molecule has 0 spiro atoms. The van der Waals surface area contributed by atoms with E-state index in [-0.39, 0.29) is 11.7 Å². The van der Waals surface area contributed by atoms with Crippen LogP contribution in [-0.2, 0) is 11.2 Å². The number of rotatable bonds is 5. The van der Waals surface area contributed by atoms with Crippen LogP contribution in [0.2, 0.25) is 0 Å². The fourth-order valence-electron chi connectivity index (χ4n) is 1.85. The number of Topliss-reactive ketones (excluding diaryl/α,β-unsaturated/α-hetero) is 1. The number of nitrogens with zero attached hydrogens (tertiary/aromatic N) is 2. The summed E-state index contributed by atoms with van der Waals surface area (Å²) in [5, 5.41) is 4.48. The Morgan fingerprint density at radius 3 is 2.38 bits per heavy atom. The van der Waals surface area contributed by atoms with Crippen molar-refractivity contribution in [2.75, 3.05) is 0 Å². The second kappa shape index (κ2) is 5.28. The summed E-state index contributed by atoms with van der Waals surface area (Å²) in [5.41, 5.74) is 1.02. The fraction of sp³-hybridized carbons (Fsp3) is 0.692. The first-order chi connectivity index (χ1) is 7.41. The average molecular weight is 222 g/mol. The van der Waals surface area contributed by atoms with Gasteiger partial charge >= 0.3 is 0 Å². The summed E-state index contributed by atoms with van der Waals surface area (Å²) in [4.78, 5) is 11.5. The van der Waals surface area contributed by atoms with Gasteiger partial charge in [0.25, 0.3) is 0 Å². The number of ketones is 1. The van der Waals surface area contributed by atoms with E-state index in [1.807, 2.05) is 16.9 Å². The Hall–Kier alpha value is -1.12. The highest BCUT2D eigenvalue weighted by molar-refractivity contribution is 5.78. The molecule has 1 rings (SSSR count). The van der Waals surface area contributed by atoms with Crippen LogP contribution in [0.25, 0.3) is 0 Å². The molecular weight excluding hydrogens is 200 g/mol. The number of hydrogen-bond acceptors (Lipinski definition) is 2. The molecule has 0 amide bonds. The molecule has 1 unspecified atom stereocenters. The smallest absolute Gasteiger partial charge is 0.133 e. The van der Waals surface area contributed by atoms with E-state index in [4.69, 9.17) is 0 Å². The Morgan fingerprint density at radius 1 is 1.38 bits per heavy atom. The molecule has 0 bridgehead atoms. The van der Waals surface area contributed by atoms with Gasteiger partial charge in [0.1, 0.15) is 5.78 Å². The van der Waals surface area contributed by atoms with Crippen LogP contribution in [0.4, 0.5) is 0 Å². The van der Waals surface area contributed by atoms with Gasteiger partial charge in [-0.3, -0.25) is 9.48 Å². The van der Waals surface area contributed by atoms with E-state index in [1.165, 1.54) is 0 Å². The van der Waals surface area contributed by atoms with Gasteiger partial charge in [-0.05, 0) is 32.8 Å². The minimum atomic E-state index is 0.0931. The molecule has 1 aromatic heterocycles.